The highest BCUT2D eigenvalue weighted by atomic mass is 16.6. The van der Waals surface area contributed by atoms with Crippen LogP contribution in [-0.2, 0) is 11.2 Å². The Kier molecular flexibility index (Phi) is 6.68. The van der Waals surface area contributed by atoms with Gasteiger partial charge in [-0.15, -0.1) is 0 Å². The summed E-state index contributed by atoms with van der Waals surface area (Å²) in [5.41, 5.74) is 4.15. The summed E-state index contributed by atoms with van der Waals surface area (Å²) < 4.78 is 5.23. The number of anilines is 1. The molecule has 4 heteroatoms. The van der Waals surface area contributed by atoms with Crippen LogP contribution in [0.25, 0.3) is 11.1 Å². The van der Waals surface area contributed by atoms with Crippen molar-refractivity contribution in [2.45, 2.75) is 39.2 Å². The van der Waals surface area contributed by atoms with Gasteiger partial charge in [0.05, 0.1) is 0 Å². The van der Waals surface area contributed by atoms with Gasteiger partial charge in [0.15, 0.2) is 5.78 Å². The number of carbonyl (C=O) groups is 2. The third kappa shape index (κ3) is 6.31. The Morgan fingerprint density at radius 1 is 0.800 bits per heavy atom. The minimum Gasteiger partial charge on any atom is -0.444 e. The molecule has 0 radical (unpaired) electrons. The second-order valence-electron chi connectivity index (χ2n) is 8.19. The molecule has 0 aromatic heterocycles. The van der Waals surface area contributed by atoms with Crippen LogP contribution >= 0.6 is 0 Å². The van der Waals surface area contributed by atoms with E-state index in [0.717, 1.165) is 5.56 Å². The molecular weight excluding hydrogens is 374 g/mol. The van der Waals surface area contributed by atoms with Crippen LogP contribution in [0.3, 0.4) is 0 Å². The van der Waals surface area contributed by atoms with Crippen molar-refractivity contribution in [1.82, 2.24) is 0 Å². The Hall–Kier alpha value is -3.40. The number of amides is 1. The average molecular weight is 402 g/mol. The number of nitrogens with one attached hydrogen (secondary N) is 1. The monoisotopic (exact) mass is 401 g/mol. The predicted molar refractivity (Wildman–Crippen MR) is 121 cm³/mol. The molecule has 3 aromatic carbocycles. The van der Waals surface area contributed by atoms with Crippen molar-refractivity contribution in [1.29, 1.82) is 0 Å². The van der Waals surface area contributed by atoms with Crippen LogP contribution in [0.4, 0.5) is 10.5 Å². The maximum absolute atomic E-state index is 12.5. The van der Waals surface area contributed by atoms with Crippen molar-refractivity contribution in [2.75, 3.05) is 5.32 Å². The van der Waals surface area contributed by atoms with Crippen LogP contribution in [0, 0.1) is 0 Å². The second-order valence-corrected chi connectivity index (χ2v) is 8.19. The molecule has 3 aromatic rings. The van der Waals surface area contributed by atoms with Crippen LogP contribution in [0.2, 0.25) is 0 Å². The van der Waals surface area contributed by atoms with Crippen LogP contribution in [0.15, 0.2) is 78.9 Å². The van der Waals surface area contributed by atoms with E-state index >= 15 is 0 Å². The van der Waals surface area contributed by atoms with Crippen molar-refractivity contribution < 1.29 is 14.3 Å². The largest absolute Gasteiger partial charge is 0.444 e. The normalized spacial score (nSPS) is 11.0. The SMILES string of the molecule is CC(C)(C)OC(=O)Nc1ccc(C(=O)CCc2ccc(-c3ccccc3)cc2)cc1. The van der Waals surface area contributed by atoms with Gasteiger partial charge in [-0.05, 0) is 68.1 Å². The number of rotatable bonds is 6. The molecule has 0 aliphatic rings. The summed E-state index contributed by atoms with van der Waals surface area (Å²) in [5, 5.41) is 2.67. The summed E-state index contributed by atoms with van der Waals surface area (Å²) in [6.45, 7) is 5.43. The molecule has 3 rings (SSSR count). The van der Waals surface area contributed by atoms with Crippen LogP contribution in [0.5, 0.6) is 0 Å². The molecule has 0 unspecified atom stereocenters. The number of hydrogen-bond acceptors (Lipinski definition) is 3. The van der Waals surface area contributed by atoms with Gasteiger partial charge in [0.1, 0.15) is 5.60 Å². The van der Waals surface area contributed by atoms with Crippen LogP contribution in [-0.4, -0.2) is 17.5 Å². The topological polar surface area (TPSA) is 55.4 Å². The molecular formula is C26H27NO3. The quantitative estimate of drug-likeness (QED) is 0.479. The zero-order valence-corrected chi connectivity index (χ0v) is 17.6. The highest BCUT2D eigenvalue weighted by Crippen LogP contribution is 2.20. The smallest absolute Gasteiger partial charge is 0.412 e. The van der Waals surface area contributed by atoms with E-state index in [1.54, 1.807) is 24.3 Å². The molecule has 0 saturated carbocycles. The minimum absolute atomic E-state index is 0.0750. The van der Waals surface area contributed by atoms with Gasteiger partial charge in [-0.25, -0.2) is 4.79 Å². The molecule has 30 heavy (non-hydrogen) atoms. The van der Waals surface area contributed by atoms with E-state index in [4.69, 9.17) is 4.74 Å². The number of carbonyl (C=O) groups excluding carboxylic acids is 2. The molecule has 154 valence electrons. The van der Waals surface area contributed by atoms with Gasteiger partial charge in [0.2, 0.25) is 0 Å². The van der Waals surface area contributed by atoms with Gasteiger partial charge in [0.25, 0.3) is 0 Å². The van der Waals surface area contributed by atoms with Crippen LogP contribution in [0.1, 0.15) is 43.1 Å². The van der Waals surface area contributed by atoms with Crippen molar-refractivity contribution in [3.63, 3.8) is 0 Å². The van der Waals surface area contributed by atoms with Crippen molar-refractivity contribution >= 4 is 17.6 Å². The first-order valence-corrected chi connectivity index (χ1v) is 10.1. The fourth-order valence-electron chi connectivity index (χ4n) is 3.06. The number of Topliss-reactive ketones (excluding diaryl/α,β-unsaturated/α-hetero) is 1. The van der Waals surface area contributed by atoms with E-state index in [9.17, 15) is 9.59 Å². The zero-order chi connectivity index (χ0) is 21.6. The Morgan fingerprint density at radius 3 is 2.00 bits per heavy atom. The molecule has 0 bridgehead atoms. The molecule has 1 amide bonds. The zero-order valence-electron chi connectivity index (χ0n) is 17.6. The minimum atomic E-state index is -0.556. The van der Waals surface area contributed by atoms with E-state index in [1.807, 2.05) is 39.0 Å². The van der Waals surface area contributed by atoms with E-state index in [0.29, 0.717) is 24.1 Å². The Labute approximate surface area is 177 Å². The summed E-state index contributed by atoms with van der Waals surface area (Å²) in [6.07, 6.45) is 0.607. The number of ketones is 1. The van der Waals surface area contributed by atoms with Gasteiger partial charge in [-0.3, -0.25) is 10.1 Å². The lowest BCUT2D eigenvalue weighted by atomic mass is 10.00. The van der Waals surface area contributed by atoms with E-state index in [-0.39, 0.29) is 5.78 Å². The van der Waals surface area contributed by atoms with Crippen molar-refractivity contribution in [2.24, 2.45) is 0 Å². The van der Waals surface area contributed by atoms with E-state index in [2.05, 4.69) is 41.7 Å². The first-order valence-electron chi connectivity index (χ1n) is 10.1. The fraction of sp³-hybridized carbons (Fsp3) is 0.231. The van der Waals surface area contributed by atoms with Gasteiger partial charge >= 0.3 is 6.09 Å². The number of aryl methyl sites for hydroxylation is 1. The fourth-order valence-corrected chi connectivity index (χ4v) is 3.06. The summed E-state index contributed by atoms with van der Waals surface area (Å²) >= 11 is 0. The Bertz CT molecular complexity index is 985. The maximum Gasteiger partial charge on any atom is 0.412 e. The molecule has 0 atom stereocenters. The maximum atomic E-state index is 12.5. The summed E-state index contributed by atoms with van der Waals surface area (Å²) in [6, 6.07) is 25.4. The Balaban J connectivity index is 1.53. The lowest BCUT2D eigenvalue weighted by Crippen LogP contribution is -2.27. The van der Waals surface area contributed by atoms with Crippen molar-refractivity contribution in [3.8, 4) is 11.1 Å². The van der Waals surface area contributed by atoms with Gasteiger partial charge in [-0.1, -0.05) is 54.6 Å². The first-order chi connectivity index (χ1) is 14.3. The number of ether oxygens (including phenoxy) is 1. The summed E-state index contributed by atoms with van der Waals surface area (Å²) in [7, 11) is 0. The molecule has 0 saturated heterocycles. The molecule has 0 spiro atoms. The number of benzene rings is 3. The van der Waals surface area contributed by atoms with E-state index < -0.39 is 11.7 Å². The van der Waals surface area contributed by atoms with Gasteiger partial charge in [0, 0.05) is 17.7 Å². The highest BCUT2D eigenvalue weighted by Gasteiger charge is 2.16. The summed E-state index contributed by atoms with van der Waals surface area (Å²) in [5.74, 6) is 0.0750. The lowest BCUT2D eigenvalue weighted by molar-refractivity contribution is 0.0636. The van der Waals surface area contributed by atoms with E-state index in [1.165, 1.54) is 11.1 Å². The Morgan fingerprint density at radius 2 is 1.40 bits per heavy atom. The molecule has 0 aliphatic carbocycles. The lowest BCUT2D eigenvalue weighted by Gasteiger charge is -2.19. The number of hydrogen-bond donors (Lipinski definition) is 1. The standard InChI is InChI=1S/C26H27NO3/c1-26(2,3)30-25(29)27-23-16-14-22(15-17-23)24(28)18-11-19-9-12-21(13-10-19)20-7-5-4-6-8-20/h4-10,12-17H,11,18H2,1-3H3,(H,27,29). The predicted octanol–water partition coefficient (Wildman–Crippen LogP) is 6.52. The molecule has 1 N–H and O–H groups in total. The molecule has 4 nitrogen and oxygen atoms in total. The molecule has 0 aliphatic heterocycles. The van der Waals surface area contributed by atoms with Gasteiger partial charge in [-0.2, -0.15) is 0 Å². The van der Waals surface area contributed by atoms with Gasteiger partial charge < -0.3 is 4.74 Å². The second kappa shape index (κ2) is 9.40. The van der Waals surface area contributed by atoms with Crippen LogP contribution < -0.4 is 5.32 Å². The summed E-state index contributed by atoms with van der Waals surface area (Å²) in [4.78, 5) is 24.3. The molecule has 0 fully saturated rings. The first kappa shape index (κ1) is 21.3. The third-order valence-electron chi connectivity index (χ3n) is 4.55. The van der Waals surface area contributed by atoms with Crippen molar-refractivity contribution in [3.05, 3.63) is 90.0 Å². The molecule has 0 heterocycles. The third-order valence-corrected chi connectivity index (χ3v) is 4.55. The highest BCUT2D eigenvalue weighted by molar-refractivity contribution is 5.97. The average Bonchev–Trinajstić information content (AvgIpc) is 2.72.